The second-order valence-electron chi connectivity index (χ2n) is 6.31. The minimum absolute atomic E-state index is 0.187. The molecule has 1 N–H and O–H groups in total. The lowest BCUT2D eigenvalue weighted by Crippen LogP contribution is -2.36. The number of nitrogens with one attached hydrogen (secondary N) is 1. The first kappa shape index (κ1) is 17.9. The molecule has 2 aromatic heterocycles. The van der Waals surface area contributed by atoms with Gasteiger partial charge in [-0.05, 0) is 11.1 Å². The molecule has 4 aromatic rings. The summed E-state index contributed by atoms with van der Waals surface area (Å²) in [5.41, 5.74) is 1.01. The van der Waals surface area contributed by atoms with E-state index in [2.05, 4.69) is 5.32 Å². The predicted molar refractivity (Wildman–Crippen MR) is 109 cm³/mol. The quantitative estimate of drug-likeness (QED) is 0.568. The van der Waals surface area contributed by atoms with Gasteiger partial charge in [-0.3, -0.25) is 18.6 Å². The van der Waals surface area contributed by atoms with Gasteiger partial charge in [0.2, 0.25) is 0 Å². The molecule has 0 spiro atoms. The first-order valence-electron chi connectivity index (χ1n) is 8.74. The highest BCUT2D eigenvalue weighted by molar-refractivity contribution is 7.19. The largest absolute Gasteiger partial charge is 0.347 e. The molecule has 0 aliphatic rings. The third-order valence-corrected chi connectivity index (χ3v) is 5.39. The molecule has 0 radical (unpaired) electrons. The van der Waals surface area contributed by atoms with E-state index in [1.54, 1.807) is 0 Å². The van der Waals surface area contributed by atoms with Gasteiger partial charge in [-0.25, -0.2) is 4.79 Å². The molecule has 6 nitrogen and oxygen atoms in total. The molecule has 0 saturated heterocycles. The molecular weight excluding hydrogens is 374 g/mol. The summed E-state index contributed by atoms with van der Waals surface area (Å²) in [6.45, 7) is 0.580. The molecule has 1 amide bonds. The Morgan fingerprint density at radius 3 is 2.25 bits per heavy atom. The average molecular weight is 391 g/mol. The van der Waals surface area contributed by atoms with Crippen molar-refractivity contribution in [3.05, 3.63) is 110 Å². The summed E-state index contributed by atoms with van der Waals surface area (Å²) in [4.78, 5) is 38.5. The van der Waals surface area contributed by atoms with Crippen LogP contribution in [0.3, 0.4) is 0 Å². The number of rotatable bonds is 5. The van der Waals surface area contributed by atoms with Gasteiger partial charge in [-0.2, -0.15) is 0 Å². The average Bonchev–Trinajstić information content (AvgIpc) is 3.15. The van der Waals surface area contributed by atoms with Gasteiger partial charge >= 0.3 is 5.69 Å². The van der Waals surface area contributed by atoms with Gasteiger partial charge in [0, 0.05) is 18.8 Å². The Kier molecular flexibility index (Phi) is 4.90. The third kappa shape index (κ3) is 3.65. The Morgan fingerprint density at radius 1 is 0.929 bits per heavy atom. The van der Waals surface area contributed by atoms with Gasteiger partial charge < -0.3 is 5.32 Å². The van der Waals surface area contributed by atoms with Crippen LogP contribution < -0.4 is 16.6 Å². The number of thiazole rings is 1. The molecule has 0 fully saturated rings. The zero-order valence-corrected chi connectivity index (χ0v) is 15.7. The van der Waals surface area contributed by atoms with E-state index < -0.39 is 5.69 Å². The summed E-state index contributed by atoms with van der Waals surface area (Å²) < 4.78 is 2.52. The van der Waals surface area contributed by atoms with Crippen molar-refractivity contribution in [1.82, 2.24) is 14.3 Å². The number of amides is 1. The van der Waals surface area contributed by atoms with E-state index in [1.807, 2.05) is 60.7 Å². The summed E-state index contributed by atoms with van der Waals surface area (Å²) in [5, 5.41) is 2.84. The van der Waals surface area contributed by atoms with Gasteiger partial charge in [0.15, 0.2) is 0 Å². The van der Waals surface area contributed by atoms with Crippen molar-refractivity contribution in [3.63, 3.8) is 0 Å². The van der Waals surface area contributed by atoms with Crippen LogP contribution in [0, 0.1) is 0 Å². The number of nitrogens with zero attached hydrogens (tertiary/aromatic N) is 2. The van der Waals surface area contributed by atoms with Crippen LogP contribution in [0.15, 0.2) is 82.5 Å². The summed E-state index contributed by atoms with van der Waals surface area (Å²) in [6, 6.07) is 20.3. The first-order valence-corrected chi connectivity index (χ1v) is 9.55. The van der Waals surface area contributed by atoms with E-state index in [9.17, 15) is 14.4 Å². The van der Waals surface area contributed by atoms with Gasteiger partial charge in [-0.1, -0.05) is 60.7 Å². The normalized spacial score (nSPS) is 10.9. The molecule has 0 bridgehead atoms. The van der Waals surface area contributed by atoms with E-state index in [4.69, 9.17) is 0 Å². The molecule has 0 atom stereocenters. The number of hydrogen-bond acceptors (Lipinski definition) is 4. The molecule has 2 aromatic carbocycles. The van der Waals surface area contributed by atoms with Crippen LogP contribution in [-0.4, -0.2) is 14.9 Å². The lowest BCUT2D eigenvalue weighted by Gasteiger charge is -2.05. The standard InChI is InChI=1S/C21H17N3O3S/c25-18-11-19-24(21(27)23(18)13-16-9-5-2-6-10-16)14-17(28-19)20(26)22-12-15-7-3-1-4-8-15/h1-11,14H,12-13H2,(H,22,26). The fourth-order valence-corrected chi connectivity index (χ4v) is 3.84. The van der Waals surface area contributed by atoms with Crippen LogP contribution in [0.4, 0.5) is 0 Å². The SMILES string of the molecule is O=C(NCc1ccccc1)c1cn2c(=O)n(Cc3ccccc3)c(=O)cc2s1. The van der Waals surface area contributed by atoms with Gasteiger partial charge in [-0.15, -0.1) is 11.3 Å². The number of hydrogen-bond donors (Lipinski definition) is 1. The van der Waals surface area contributed by atoms with E-state index in [-0.39, 0.29) is 18.0 Å². The predicted octanol–water partition coefficient (Wildman–Crippen LogP) is 2.50. The lowest BCUT2D eigenvalue weighted by molar-refractivity contribution is 0.0954. The minimum Gasteiger partial charge on any atom is -0.347 e. The van der Waals surface area contributed by atoms with Crippen LogP contribution in [-0.2, 0) is 13.1 Å². The molecular formula is C21H17N3O3S. The number of aromatic nitrogens is 2. The zero-order chi connectivity index (χ0) is 19.5. The van der Waals surface area contributed by atoms with E-state index >= 15 is 0 Å². The topological polar surface area (TPSA) is 72.6 Å². The molecule has 7 heteroatoms. The molecule has 0 aliphatic heterocycles. The van der Waals surface area contributed by atoms with Crippen molar-refractivity contribution in [2.75, 3.05) is 0 Å². The first-order chi connectivity index (χ1) is 13.6. The molecule has 140 valence electrons. The minimum atomic E-state index is -0.454. The Bertz CT molecular complexity index is 1240. The van der Waals surface area contributed by atoms with Crippen LogP contribution in [0.5, 0.6) is 0 Å². The Hall–Kier alpha value is -3.45. The highest BCUT2D eigenvalue weighted by Gasteiger charge is 2.14. The summed E-state index contributed by atoms with van der Waals surface area (Å²) in [5.74, 6) is -0.279. The molecule has 28 heavy (non-hydrogen) atoms. The third-order valence-electron chi connectivity index (χ3n) is 4.35. The smallest absolute Gasteiger partial charge is 0.336 e. The number of carbonyl (C=O) groups is 1. The maximum Gasteiger partial charge on any atom is 0.336 e. The Balaban J connectivity index is 1.62. The van der Waals surface area contributed by atoms with Crippen LogP contribution >= 0.6 is 11.3 Å². The van der Waals surface area contributed by atoms with Crippen LogP contribution in [0.2, 0.25) is 0 Å². The van der Waals surface area contributed by atoms with E-state index in [1.165, 1.54) is 21.2 Å². The van der Waals surface area contributed by atoms with Crippen LogP contribution in [0.25, 0.3) is 4.83 Å². The van der Waals surface area contributed by atoms with Crippen molar-refractivity contribution in [1.29, 1.82) is 0 Å². The van der Waals surface area contributed by atoms with Gasteiger partial charge in [0.05, 0.1) is 6.54 Å². The van der Waals surface area contributed by atoms with Crippen molar-refractivity contribution >= 4 is 22.1 Å². The molecule has 4 rings (SSSR count). The molecule has 0 unspecified atom stereocenters. The van der Waals surface area contributed by atoms with Crippen molar-refractivity contribution in [2.45, 2.75) is 13.1 Å². The Labute approximate surface area is 164 Å². The summed E-state index contributed by atoms with van der Waals surface area (Å²) >= 11 is 1.12. The second-order valence-corrected chi connectivity index (χ2v) is 7.37. The maximum absolute atomic E-state index is 12.8. The highest BCUT2D eigenvalue weighted by Crippen LogP contribution is 2.15. The van der Waals surface area contributed by atoms with Crippen molar-refractivity contribution in [2.24, 2.45) is 0 Å². The summed E-state index contributed by atoms with van der Waals surface area (Å²) in [6.07, 6.45) is 1.49. The van der Waals surface area contributed by atoms with E-state index in [0.29, 0.717) is 16.3 Å². The maximum atomic E-state index is 12.8. The fourth-order valence-electron chi connectivity index (χ4n) is 2.91. The monoisotopic (exact) mass is 391 g/mol. The number of carbonyl (C=O) groups excluding carboxylic acids is 1. The van der Waals surface area contributed by atoms with E-state index in [0.717, 1.165) is 22.5 Å². The van der Waals surface area contributed by atoms with Crippen LogP contribution in [0.1, 0.15) is 20.8 Å². The highest BCUT2D eigenvalue weighted by atomic mass is 32.1. The van der Waals surface area contributed by atoms with Gasteiger partial charge in [0.25, 0.3) is 11.5 Å². The fraction of sp³-hybridized carbons (Fsp3) is 0.0952. The summed E-state index contributed by atoms with van der Waals surface area (Å²) in [7, 11) is 0. The molecule has 0 aliphatic carbocycles. The molecule has 2 heterocycles. The van der Waals surface area contributed by atoms with Crippen molar-refractivity contribution < 1.29 is 4.79 Å². The van der Waals surface area contributed by atoms with Crippen molar-refractivity contribution in [3.8, 4) is 0 Å². The number of fused-ring (bicyclic) bond motifs is 1. The molecule has 0 saturated carbocycles. The number of benzene rings is 2. The van der Waals surface area contributed by atoms with Gasteiger partial charge in [0.1, 0.15) is 9.71 Å². The Morgan fingerprint density at radius 2 is 1.57 bits per heavy atom. The second kappa shape index (κ2) is 7.66. The lowest BCUT2D eigenvalue weighted by atomic mass is 10.2. The zero-order valence-electron chi connectivity index (χ0n) is 14.9.